The van der Waals surface area contributed by atoms with E-state index < -0.39 is 6.04 Å². The van der Waals surface area contributed by atoms with Crippen LogP contribution in [0.3, 0.4) is 0 Å². The van der Waals surface area contributed by atoms with Crippen molar-refractivity contribution in [1.29, 1.82) is 0 Å². The van der Waals surface area contributed by atoms with Gasteiger partial charge in [0, 0.05) is 25.4 Å². The summed E-state index contributed by atoms with van der Waals surface area (Å²) in [5, 5.41) is 6.58. The SMILES string of the molecule is Cc1ccc(C(N)C(=O)N(C)Cc2cn[nH]c2)cc1. The van der Waals surface area contributed by atoms with E-state index in [1.165, 1.54) is 0 Å². The first kappa shape index (κ1) is 13.3. The molecule has 5 heteroatoms. The second-order valence-electron chi connectivity index (χ2n) is 4.69. The number of likely N-dealkylation sites (N-methyl/N-ethyl adjacent to an activating group) is 1. The zero-order valence-electron chi connectivity index (χ0n) is 11.1. The average molecular weight is 258 g/mol. The van der Waals surface area contributed by atoms with Crippen molar-refractivity contribution in [2.45, 2.75) is 19.5 Å². The lowest BCUT2D eigenvalue weighted by atomic mass is 10.0. The molecule has 0 saturated carbocycles. The molecule has 0 fully saturated rings. The minimum Gasteiger partial charge on any atom is -0.340 e. The number of H-pyrrole nitrogens is 1. The summed E-state index contributed by atoms with van der Waals surface area (Å²) in [5.74, 6) is -0.106. The molecule has 3 N–H and O–H groups in total. The number of aryl methyl sites for hydroxylation is 1. The molecule has 0 aliphatic carbocycles. The van der Waals surface area contributed by atoms with Gasteiger partial charge in [-0.1, -0.05) is 29.8 Å². The number of nitrogens with one attached hydrogen (secondary N) is 1. The van der Waals surface area contributed by atoms with Gasteiger partial charge in [-0.2, -0.15) is 5.10 Å². The molecule has 0 radical (unpaired) electrons. The van der Waals surface area contributed by atoms with Gasteiger partial charge in [-0.25, -0.2) is 0 Å². The molecule has 5 nitrogen and oxygen atoms in total. The molecule has 1 aromatic carbocycles. The minimum atomic E-state index is -0.627. The van der Waals surface area contributed by atoms with E-state index in [9.17, 15) is 4.79 Å². The van der Waals surface area contributed by atoms with Gasteiger partial charge in [0.05, 0.1) is 6.20 Å². The smallest absolute Gasteiger partial charge is 0.244 e. The van der Waals surface area contributed by atoms with E-state index in [0.717, 1.165) is 16.7 Å². The summed E-state index contributed by atoms with van der Waals surface area (Å²) in [6.07, 6.45) is 3.46. The molecule has 0 aliphatic heterocycles. The highest BCUT2D eigenvalue weighted by Crippen LogP contribution is 2.14. The molecule has 1 atom stereocenters. The monoisotopic (exact) mass is 258 g/mol. The summed E-state index contributed by atoms with van der Waals surface area (Å²) in [6.45, 7) is 2.50. The fourth-order valence-electron chi connectivity index (χ4n) is 1.87. The van der Waals surface area contributed by atoms with Crippen LogP contribution in [0.1, 0.15) is 22.7 Å². The van der Waals surface area contributed by atoms with Crippen LogP contribution < -0.4 is 5.73 Å². The lowest BCUT2D eigenvalue weighted by Crippen LogP contribution is -2.35. The molecule has 1 unspecified atom stereocenters. The van der Waals surface area contributed by atoms with E-state index in [-0.39, 0.29) is 5.91 Å². The van der Waals surface area contributed by atoms with Crippen molar-refractivity contribution < 1.29 is 4.79 Å². The summed E-state index contributed by atoms with van der Waals surface area (Å²) in [6, 6.07) is 7.07. The molecule has 1 aromatic heterocycles. The molecule has 0 spiro atoms. The Labute approximate surface area is 112 Å². The van der Waals surface area contributed by atoms with E-state index in [0.29, 0.717) is 6.54 Å². The second-order valence-corrected chi connectivity index (χ2v) is 4.69. The number of carbonyl (C=O) groups is 1. The fraction of sp³-hybridized carbons (Fsp3) is 0.286. The third kappa shape index (κ3) is 3.20. The number of rotatable bonds is 4. The Kier molecular flexibility index (Phi) is 3.97. The van der Waals surface area contributed by atoms with Crippen molar-refractivity contribution in [3.05, 3.63) is 53.3 Å². The Hall–Kier alpha value is -2.14. The van der Waals surface area contributed by atoms with Gasteiger partial charge in [0.1, 0.15) is 6.04 Å². The first-order chi connectivity index (χ1) is 9.08. The summed E-state index contributed by atoms with van der Waals surface area (Å²) in [5.41, 5.74) is 8.93. The number of aromatic nitrogens is 2. The number of carbonyl (C=O) groups excluding carboxylic acids is 1. The van der Waals surface area contributed by atoms with Crippen LogP contribution in [0.15, 0.2) is 36.7 Å². The van der Waals surface area contributed by atoms with Crippen LogP contribution >= 0.6 is 0 Å². The standard InChI is InChI=1S/C14H18N4O/c1-10-3-5-12(6-4-10)13(15)14(19)18(2)9-11-7-16-17-8-11/h3-8,13H,9,15H2,1-2H3,(H,16,17). The Bertz CT molecular complexity index is 533. The van der Waals surface area contributed by atoms with Gasteiger partial charge in [0.25, 0.3) is 0 Å². The van der Waals surface area contributed by atoms with Crippen molar-refractivity contribution in [3.63, 3.8) is 0 Å². The molecule has 1 heterocycles. The number of benzene rings is 1. The molecule has 0 aliphatic rings. The first-order valence-corrected chi connectivity index (χ1v) is 6.12. The lowest BCUT2D eigenvalue weighted by Gasteiger charge is -2.21. The van der Waals surface area contributed by atoms with Crippen LogP contribution in [0.5, 0.6) is 0 Å². The van der Waals surface area contributed by atoms with Crippen molar-refractivity contribution in [3.8, 4) is 0 Å². The Morgan fingerprint density at radius 3 is 2.68 bits per heavy atom. The molecule has 2 aromatic rings. The van der Waals surface area contributed by atoms with Gasteiger partial charge in [-0.3, -0.25) is 9.89 Å². The first-order valence-electron chi connectivity index (χ1n) is 6.12. The van der Waals surface area contributed by atoms with Crippen LogP contribution in [-0.4, -0.2) is 28.1 Å². The summed E-state index contributed by atoms with van der Waals surface area (Å²) in [7, 11) is 1.74. The number of nitrogens with zero attached hydrogens (tertiary/aromatic N) is 2. The predicted molar refractivity (Wildman–Crippen MR) is 73.2 cm³/mol. The van der Waals surface area contributed by atoms with Gasteiger partial charge < -0.3 is 10.6 Å². The highest BCUT2D eigenvalue weighted by molar-refractivity contribution is 5.82. The van der Waals surface area contributed by atoms with Crippen molar-refractivity contribution in [1.82, 2.24) is 15.1 Å². The van der Waals surface area contributed by atoms with E-state index in [1.54, 1.807) is 24.3 Å². The molecule has 0 bridgehead atoms. The number of nitrogens with two attached hydrogens (primary N) is 1. The van der Waals surface area contributed by atoms with E-state index in [2.05, 4.69) is 10.2 Å². The quantitative estimate of drug-likeness (QED) is 0.870. The largest absolute Gasteiger partial charge is 0.340 e. The number of hydrogen-bond donors (Lipinski definition) is 2. The topological polar surface area (TPSA) is 75.0 Å². The van der Waals surface area contributed by atoms with Crippen molar-refractivity contribution in [2.24, 2.45) is 5.73 Å². The zero-order valence-corrected chi connectivity index (χ0v) is 11.1. The highest BCUT2D eigenvalue weighted by Gasteiger charge is 2.19. The van der Waals surface area contributed by atoms with Crippen molar-refractivity contribution in [2.75, 3.05) is 7.05 Å². The van der Waals surface area contributed by atoms with Crippen LogP contribution in [0, 0.1) is 6.92 Å². The molecular weight excluding hydrogens is 240 g/mol. The number of amides is 1. The molecule has 0 saturated heterocycles. The Balaban J connectivity index is 2.04. The summed E-state index contributed by atoms with van der Waals surface area (Å²) in [4.78, 5) is 13.8. The zero-order chi connectivity index (χ0) is 13.8. The van der Waals surface area contributed by atoms with Gasteiger partial charge >= 0.3 is 0 Å². The lowest BCUT2D eigenvalue weighted by molar-refractivity contribution is -0.131. The number of hydrogen-bond acceptors (Lipinski definition) is 3. The van der Waals surface area contributed by atoms with Crippen LogP contribution in [0.4, 0.5) is 0 Å². The maximum atomic E-state index is 12.2. The maximum absolute atomic E-state index is 12.2. The third-order valence-corrected chi connectivity index (χ3v) is 3.05. The van der Waals surface area contributed by atoms with Gasteiger partial charge in [-0.15, -0.1) is 0 Å². The van der Waals surface area contributed by atoms with E-state index >= 15 is 0 Å². The normalized spacial score (nSPS) is 12.2. The van der Waals surface area contributed by atoms with E-state index in [1.807, 2.05) is 31.2 Å². The van der Waals surface area contributed by atoms with Crippen molar-refractivity contribution >= 4 is 5.91 Å². The fourth-order valence-corrected chi connectivity index (χ4v) is 1.87. The van der Waals surface area contributed by atoms with Crippen LogP contribution in [0.2, 0.25) is 0 Å². The molecule has 100 valence electrons. The van der Waals surface area contributed by atoms with Gasteiger partial charge in [0.15, 0.2) is 0 Å². The molecular formula is C14H18N4O. The highest BCUT2D eigenvalue weighted by atomic mass is 16.2. The third-order valence-electron chi connectivity index (χ3n) is 3.05. The number of aromatic amines is 1. The minimum absolute atomic E-state index is 0.106. The Morgan fingerprint density at radius 1 is 1.42 bits per heavy atom. The van der Waals surface area contributed by atoms with E-state index in [4.69, 9.17) is 5.73 Å². The van der Waals surface area contributed by atoms with Gasteiger partial charge in [-0.05, 0) is 12.5 Å². The molecule has 19 heavy (non-hydrogen) atoms. The van der Waals surface area contributed by atoms with Crippen LogP contribution in [0.25, 0.3) is 0 Å². The second kappa shape index (κ2) is 5.67. The Morgan fingerprint density at radius 2 is 2.11 bits per heavy atom. The molecule has 2 rings (SSSR count). The predicted octanol–water partition coefficient (Wildman–Crippen LogP) is 1.38. The average Bonchev–Trinajstić information content (AvgIpc) is 2.90. The molecule has 1 amide bonds. The maximum Gasteiger partial charge on any atom is 0.244 e. The summed E-state index contributed by atoms with van der Waals surface area (Å²) >= 11 is 0. The van der Waals surface area contributed by atoms with Gasteiger partial charge in [0.2, 0.25) is 5.91 Å². The summed E-state index contributed by atoms with van der Waals surface area (Å²) < 4.78 is 0. The van der Waals surface area contributed by atoms with Crippen LogP contribution in [-0.2, 0) is 11.3 Å².